The van der Waals surface area contributed by atoms with E-state index in [1.54, 1.807) is 31.2 Å². The van der Waals surface area contributed by atoms with Crippen LogP contribution in [0.5, 0.6) is 5.75 Å². The van der Waals surface area contributed by atoms with Gasteiger partial charge in [0.05, 0.1) is 6.61 Å². The van der Waals surface area contributed by atoms with E-state index in [0.717, 1.165) is 30.0 Å². The van der Waals surface area contributed by atoms with Crippen LogP contribution in [0.1, 0.15) is 26.3 Å². The second kappa shape index (κ2) is 11.8. The van der Waals surface area contributed by atoms with Gasteiger partial charge in [-0.05, 0) is 75.7 Å². The number of ether oxygens (including phenoxy) is 2. The van der Waals surface area contributed by atoms with E-state index < -0.39 is 6.16 Å². The number of nitrogens with one attached hydrogen (secondary N) is 2. The second-order valence-corrected chi connectivity index (χ2v) is 6.06. The number of nitrogens with zero attached hydrogens (tertiary/aromatic N) is 1. The molecule has 158 valence electrons. The molecule has 0 aliphatic carbocycles. The molecular formula is C21H27ClN3O4-. The van der Waals surface area contributed by atoms with Crippen LogP contribution < -0.4 is 32.7 Å². The summed E-state index contributed by atoms with van der Waals surface area (Å²) in [5.41, 5.74) is 3.44. The molecule has 0 aliphatic rings. The highest BCUT2D eigenvalue weighted by atomic mass is 35.5. The molecule has 0 heterocycles. The lowest BCUT2D eigenvalue weighted by Gasteiger charge is -2.22. The average Bonchev–Trinajstić information content (AvgIpc) is 2.66. The molecule has 8 heteroatoms. The number of aryl methyl sites for hydroxylation is 1. The van der Waals surface area contributed by atoms with Crippen LogP contribution in [0.25, 0.3) is 0 Å². The number of anilines is 3. The van der Waals surface area contributed by atoms with Crippen molar-refractivity contribution in [2.24, 2.45) is 0 Å². The fourth-order valence-electron chi connectivity index (χ4n) is 2.71. The normalized spacial score (nSPS) is 9.79. The standard InChI is InChI=1S/C21H27N3O4.ClH/c1-5-24(6-2)17-10-13-19(15(4)14-17)23-20(25)22-16-8-11-18(12-9-16)28-21(26)27-7-3;/h8-14H,5-7H2,1-4H3,(H2,22,23,25);1H/p-1. The maximum Gasteiger partial charge on any atom is 0.513 e. The minimum absolute atomic E-state index is 0. The number of halogens is 1. The first-order chi connectivity index (χ1) is 13.5. The molecule has 29 heavy (non-hydrogen) atoms. The molecule has 0 saturated carbocycles. The van der Waals surface area contributed by atoms with Gasteiger partial charge in [-0.25, -0.2) is 9.59 Å². The molecule has 0 saturated heterocycles. The van der Waals surface area contributed by atoms with Crippen molar-refractivity contribution in [3.63, 3.8) is 0 Å². The van der Waals surface area contributed by atoms with Crippen LogP contribution in [-0.4, -0.2) is 31.9 Å². The van der Waals surface area contributed by atoms with Crippen molar-refractivity contribution < 1.29 is 31.5 Å². The molecule has 2 aromatic carbocycles. The fourth-order valence-corrected chi connectivity index (χ4v) is 2.71. The predicted molar refractivity (Wildman–Crippen MR) is 111 cm³/mol. The molecule has 2 rings (SSSR count). The summed E-state index contributed by atoms with van der Waals surface area (Å²) < 4.78 is 9.69. The van der Waals surface area contributed by atoms with Crippen LogP contribution in [0, 0.1) is 6.92 Å². The maximum atomic E-state index is 12.3. The third-order valence-corrected chi connectivity index (χ3v) is 4.16. The van der Waals surface area contributed by atoms with E-state index in [9.17, 15) is 9.59 Å². The van der Waals surface area contributed by atoms with Crippen molar-refractivity contribution in [3.05, 3.63) is 48.0 Å². The molecule has 0 unspecified atom stereocenters. The average molecular weight is 421 g/mol. The molecule has 0 aliphatic heterocycles. The summed E-state index contributed by atoms with van der Waals surface area (Å²) in [7, 11) is 0. The van der Waals surface area contributed by atoms with Crippen LogP contribution in [0.15, 0.2) is 42.5 Å². The Morgan fingerprint density at radius 2 is 1.62 bits per heavy atom. The number of amides is 2. The van der Waals surface area contributed by atoms with Crippen LogP contribution >= 0.6 is 0 Å². The summed E-state index contributed by atoms with van der Waals surface area (Å²) in [4.78, 5) is 25.8. The van der Waals surface area contributed by atoms with Gasteiger partial charge < -0.3 is 37.4 Å². The van der Waals surface area contributed by atoms with Crippen molar-refractivity contribution in [1.29, 1.82) is 0 Å². The zero-order chi connectivity index (χ0) is 20.5. The van der Waals surface area contributed by atoms with E-state index in [2.05, 4.69) is 35.4 Å². The largest absolute Gasteiger partial charge is 1.00 e. The number of hydrogen-bond acceptors (Lipinski definition) is 5. The summed E-state index contributed by atoms with van der Waals surface area (Å²) in [5.74, 6) is 0.340. The molecule has 0 radical (unpaired) electrons. The zero-order valence-corrected chi connectivity index (χ0v) is 17.9. The van der Waals surface area contributed by atoms with E-state index >= 15 is 0 Å². The Morgan fingerprint density at radius 3 is 2.17 bits per heavy atom. The minimum Gasteiger partial charge on any atom is -1.00 e. The van der Waals surface area contributed by atoms with E-state index in [1.807, 2.05) is 19.1 Å². The topological polar surface area (TPSA) is 79.9 Å². The van der Waals surface area contributed by atoms with Gasteiger partial charge in [0.2, 0.25) is 0 Å². The number of benzene rings is 2. The summed E-state index contributed by atoms with van der Waals surface area (Å²) in [6.07, 6.45) is -0.760. The van der Waals surface area contributed by atoms with Gasteiger partial charge in [0.15, 0.2) is 0 Å². The quantitative estimate of drug-likeness (QED) is 0.529. The smallest absolute Gasteiger partial charge is 0.513 e. The van der Waals surface area contributed by atoms with Crippen molar-refractivity contribution >= 4 is 29.2 Å². The van der Waals surface area contributed by atoms with E-state index in [-0.39, 0.29) is 25.0 Å². The SMILES string of the molecule is CCOC(=O)Oc1ccc(NC(=O)Nc2ccc(N(CC)CC)cc2C)cc1.[Cl-]. The minimum atomic E-state index is -0.760. The highest BCUT2D eigenvalue weighted by molar-refractivity contribution is 6.00. The molecule has 2 aromatic rings. The molecule has 0 fully saturated rings. The van der Waals surface area contributed by atoms with Gasteiger partial charge in [-0.3, -0.25) is 0 Å². The molecule has 0 bridgehead atoms. The number of carbonyl (C=O) groups is 2. The lowest BCUT2D eigenvalue weighted by molar-refractivity contribution is -0.0000195. The summed E-state index contributed by atoms with van der Waals surface area (Å²) in [6, 6.07) is 12.1. The number of rotatable bonds is 7. The lowest BCUT2D eigenvalue weighted by atomic mass is 10.1. The van der Waals surface area contributed by atoms with E-state index in [1.165, 1.54) is 0 Å². The molecule has 7 nitrogen and oxygen atoms in total. The Bertz CT molecular complexity index is 808. The van der Waals surface area contributed by atoms with Gasteiger partial charge in [0.1, 0.15) is 5.75 Å². The van der Waals surface area contributed by atoms with Crippen LogP contribution in [0.2, 0.25) is 0 Å². The third-order valence-electron chi connectivity index (χ3n) is 4.16. The lowest BCUT2D eigenvalue weighted by Crippen LogP contribution is -3.00. The van der Waals surface area contributed by atoms with Crippen LogP contribution in [0.4, 0.5) is 26.7 Å². The van der Waals surface area contributed by atoms with E-state index in [4.69, 9.17) is 9.47 Å². The highest BCUT2D eigenvalue weighted by Gasteiger charge is 2.09. The number of hydrogen-bond donors (Lipinski definition) is 2. The zero-order valence-electron chi connectivity index (χ0n) is 17.1. The fraction of sp³-hybridized carbons (Fsp3) is 0.333. The van der Waals surface area contributed by atoms with Gasteiger partial charge in [0, 0.05) is 30.2 Å². The number of carbonyl (C=O) groups excluding carboxylic acids is 2. The summed E-state index contributed by atoms with van der Waals surface area (Å²) in [6.45, 7) is 9.99. The van der Waals surface area contributed by atoms with Crippen LogP contribution in [0.3, 0.4) is 0 Å². The van der Waals surface area contributed by atoms with Gasteiger partial charge in [-0.2, -0.15) is 0 Å². The Kier molecular flexibility index (Phi) is 9.82. The molecular weight excluding hydrogens is 394 g/mol. The Labute approximate surface area is 177 Å². The Morgan fingerprint density at radius 1 is 0.966 bits per heavy atom. The molecule has 0 spiro atoms. The summed E-state index contributed by atoms with van der Waals surface area (Å²) >= 11 is 0. The van der Waals surface area contributed by atoms with Gasteiger partial charge in [-0.1, -0.05) is 0 Å². The van der Waals surface area contributed by atoms with Crippen molar-refractivity contribution in [2.75, 3.05) is 35.2 Å². The van der Waals surface area contributed by atoms with Gasteiger partial charge >= 0.3 is 12.2 Å². The van der Waals surface area contributed by atoms with Crippen molar-refractivity contribution in [3.8, 4) is 5.75 Å². The highest BCUT2D eigenvalue weighted by Crippen LogP contribution is 2.23. The molecule has 2 amide bonds. The first-order valence-electron chi connectivity index (χ1n) is 9.35. The molecule has 0 aromatic heterocycles. The van der Waals surface area contributed by atoms with E-state index in [0.29, 0.717) is 11.4 Å². The molecule has 2 N–H and O–H groups in total. The monoisotopic (exact) mass is 420 g/mol. The predicted octanol–water partition coefficient (Wildman–Crippen LogP) is 2.02. The second-order valence-electron chi connectivity index (χ2n) is 6.06. The van der Waals surface area contributed by atoms with Crippen molar-refractivity contribution in [2.45, 2.75) is 27.7 Å². The van der Waals surface area contributed by atoms with Gasteiger partial charge in [-0.15, -0.1) is 0 Å². The maximum absolute atomic E-state index is 12.3. The van der Waals surface area contributed by atoms with Crippen LogP contribution in [-0.2, 0) is 4.74 Å². The Hall–Kier alpha value is -2.93. The Balaban J connectivity index is 0.00000420. The molecule has 0 atom stereocenters. The summed E-state index contributed by atoms with van der Waals surface area (Å²) in [5, 5.41) is 5.60. The van der Waals surface area contributed by atoms with Gasteiger partial charge in [0.25, 0.3) is 0 Å². The van der Waals surface area contributed by atoms with Crippen molar-refractivity contribution in [1.82, 2.24) is 0 Å². The number of urea groups is 1. The third kappa shape index (κ3) is 7.19. The first kappa shape index (κ1) is 24.1. The first-order valence-corrected chi connectivity index (χ1v) is 9.35.